The fraction of sp³-hybridized carbons (Fsp3) is 0.174. The summed E-state index contributed by atoms with van der Waals surface area (Å²) in [6.07, 6.45) is 3.11. The van der Waals surface area contributed by atoms with Crippen molar-refractivity contribution in [1.29, 1.82) is 0 Å². The van der Waals surface area contributed by atoms with E-state index in [0.29, 0.717) is 35.0 Å². The molecule has 33 heavy (non-hydrogen) atoms. The number of halogens is 1. The van der Waals surface area contributed by atoms with E-state index in [2.05, 4.69) is 30.8 Å². The molecule has 2 heterocycles. The first-order chi connectivity index (χ1) is 16.1. The van der Waals surface area contributed by atoms with Gasteiger partial charge in [-0.05, 0) is 30.3 Å². The fourth-order valence-corrected chi connectivity index (χ4v) is 3.24. The molecule has 4 rings (SSSR count). The van der Waals surface area contributed by atoms with Crippen LogP contribution in [0, 0.1) is 5.82 Å². The fourth-order valence-electron chi connectivity index (χ4n) is 3.24. The minimum absolute atomic E-state index is 0.0459. The van der Waals surface area contributed by atoms with Crippen LogP contribution in [0.3, 0.4) is 0 Å². The average Bonchev–Trinajstić information content (AvgIpc) is 3.22. The van der Waals surface area contributed by atoms with E-state index in [9.17, 15) is 9.18 Å². The number of aromatic nitrogens is 5. The molecule has 0 radical (unpaired) electrons. The molecule has 0 unspecified atom stereocenters. The Morgan fingerprint density at radius 2 is 1.97 bits per heavy atom. The third-order valence-electron chi connectivity index (χ3n) is 5.05. The van der Waals surface area contributed by atoms with E-state index in [1.807, 2.05) is 17.7 Å². The Bertz CT molecular complexity index is 1260. The third-order valence-corrected chi connectivity index (χ3v) is 5.05. The van der Waals surface area contributed by atoms with E-state index >= 15 is 0 Å². The van der Waals surface area contributed by atoms with Crippen molar-refractivity contribution in [2.45, 2.75) is 13.1 Å². The molecule has 0 fully saturated rings. The van der Waals surface area contributed by atoms with Gasteiger partial charge in [-0.25, -0.2) is 14.4 Å². The number of rotatable bonds is 8. The van der Waals surface area contributed by atoms with Gasteiger partial charge >= 0.3 is 0 Å². The highest BCUT2D eigenvalue weighted by atomic mass is 19.1. The normalized spacial score (nSPS) is 10.6. The van der Waals surface area contributed by atoms with Gasteiger partial charge in [0.2, 0.25) is 0 Å². The number of nitrogens with one attached hydrogen (secondary N) is 2. The van der Waals surface area contributed by atoms with Crippen molar-refractivity contribution < 1.29 is 13.9 Å². The standard InChI is InChI=1S/C23H22FN7O2/c1-31-20(29-30-22(31)18-9-10-25-14-28-18)13-26-17-7-3-5-15(11-17)23(32)27-12-16-6-4-8-19(33-2)21(16)24/h3-11,14,26H,12-13H2,1-2H3,(H,27,32). The van der Waals surface area contributed by atoms with Crippen molar-refractivity contribution in [3.8, 4) is 17.3 Å². The molecule has 0 aliphatic rings. The summed E-state index contributed by atoms with van der Waals surface area (Å²) in [5.41, 5.74) is 2.21. The number of nitrogens with zero attached hydrogens (tertiary/aromatic N) is 5. The predicted molar refractivity (Wildman–Crippen MR) is 120 cm³/mol. The maximum absolute atomic E-state index is 14.3. The molecule has 2 N–H and O–H groups in total. The van der Waals surface area contributed by atoms with Gasteiger partial charge in [0.1, 0.15) is 12.0 Å². The van der Waals surface area contributed by atoms with Crippen molar-refractivity contribution in [2.24, 2.45) is 7.05 Å². The SMILES string of the molecule is COc1cccc(CNC(=O)c2cccc(NCc3nnc(-c4ccncn4)n3C)c2)c1F. The van der Waals surface area contributed by atoms with Crippen molar-refractivity contribution in [1.82, 2.24) is 30.0 Å². The molecule has 4 aromatic rings. The van der Waals surface area contributed by atoms with Crippen LogP contribution in [0.15, 0.2) is 61.1 Å². The lowest BCUT2D eigenvalue weighted by molar-refractivity contribution is 0.0950. The summed E-state index contributed by atoms with van der Waals surface area (Å²) < 4.78 is 21.1. The average molecular weight is 447 g/mol. The summed E-state index contributed by atoms with van der Waals surface area (Å²) >= 11 is 0. The van der Waals surface area contributed by atoms with E-state index < -0.39 is 5.82 Å². The van der Waals surface area contributed by atoms with Gasteiger partial charge in [-0.1, -0.05) is 18.2 Å². The highest BCUT2D eigenvalue weighted by molar-refractivity contribution is 5.95. The first-order valence-electron chi connectivity index (χ1n) is 10.1. The number of methoxy groups -OCH3 is 1. The Labute approximate surface area is 189 Å². The van der Waals surface area contributed by atoms with Gasteiger partial charge in [0.25, 0.3) is 5.91 Å². The largest absolute Gasteiger partial charge is 0.494 e. The summed E-state index contributed by atoms with van der Waals surface area (Å²) in [4.78, 5) is 20.7. The molecule has 1 amide bonds. The lowest BCUT2D eigenvalue weighted by atomic mass is 10.1. The second-order valence-corrected chi connectivity index (χ2v) is 7.14. The lowest BCUT2D eigenvalue weighted by Gasteiger charge is -2.10. The molecule has 0 aliphatic carbocycles. The highest BCUT2D eigenvalue weighted by Gasteiger charge is 2.13. The van der Waals surface area contributed by atoms with Gasteiger partial charge in [-0.2, -0.15) is 0 Å². The summed E-state index contributed by atoms with van der Waals surface area (Å²) in [5, 5.41) is 14.4. The number of carbonyl (C=O) groups excluding carboxylic acids is 1. The van der Waals surface area contributed by atoms with Gasteiger partial charge in [-0.15, -0.1) is 10.2 Å². The molecule has 10 heteroatoms. The molecule has 0 bridgehead atoms. The summed E-state index contributed by atoms with van der Waals surface area (Å²) in [6.45, 7) is 0.443. The summed E-state index contributed by atoms with van der Waals surface area (Å²) in [5.74, 6) is 0.671. The van der Waals surface area contributed by atoms with Gasteiger partial charge < -0.3 is 19.9 Å². The third kappa shape index (κ3) is 4.95. The molecular weight excluding hydrogens is 425 g/mol. The topological polar surface area (TPSA) is 107 Å². The Kier molecular flexibility index (Phi) is 6.53. The maximum atomic E-state index is 14.3. The number of ether oxygens (including phenoxy) is 1. The Morgan fingerprint density at radius 1 is 1.12 bits per heavy atom. The van der Waals surface area contributed by atoms with Crippen LogP contribution in [0.1, 0.15) is 21.7 Å². The zero-order valence-corrected chi connectivity index (χ0v) is 18.1. The Morgan fingerprint density at radius 3 is 2.76 bits per heavy atom. The highest BCUT2D eigenvalue weighted by Crippen LogP contribution is 2.20. The van der Waals surface area contributed by atoms with Crippen LogP contribution < -0.4 is 15.4 Å². The predicted octanol–water partition coefficient (Wildman–Crippen LogP) is 2.96. The minimum Gasteiger partial charge on any atom is -0.494 e. The smallest absolute Gasteiger partial charge is 0.251 e. The summed E-state index contributed by atoms with van der Waals surface area (Å²) in [7, 11) is 3.26. The lowest BCUT2D eigenvalue weighted by Crippen LogP contribution is -2.23. The second-order valence-electron chi connectivity index (χ2n) is 7.14. The van der Waals surface area contributed by atoms with Gasteiger partial charge in [0.15, 0.2) is 23.2 Å². The second kappa shape index (κ2) is 9.86. The Balaban J connectivity index is 1.39. The van der Waals surface area contributed by atoms with E-state index in [-0.39, 0.29) is 18.2 Å². The number of hydrogen-bond acceptors (Lipinski definition) is 7. The molecular formula is C23H22FN7O2. The van der Waals surface area contributed by atoms with Gasteiger partial charge in [-0.3, -0.25) is 4.79 Å². The van der Waals surface area contributed by atoms with Crippen LogP contribution in [-0.4, -0.2) is 37.7 Å². The zero-order valence-electron chi connectivity index (χ0n) is 18.1. The molecule has 9 nitrogen and oxygen atoms in total. The van der Waals surface area contributed by atoms with E-state index in [1.165, 1.54) is 19.5 Å². The van der Waals surface area contributed by atoms with E-state index in [4.69, 9.17) is 4.74 Å². The van der Waals surface area contributed by atoms with Crippen LogP contribution in [0.4, 0.5) is 10.1 Å². The van der Waals surface area contributed by atoms with Crippen molar-refractivity contribution in [2.75, 3.05) is 12.4 Å². The molecule has 0 spiro atoms. The number of amides is 1. The molecule has 2 aromatic carbocycles. The molecule has 0 atom stereocenters. The number of benzene rings is 2. The molecule has 0 saturated carbocycles. The van der Waals surface area contributed by atoms with Crippen LogP contribution in [-0.2, 0) is 20.1 Å². The van der Waals surface area contributed by atoms with Crippen molar-refractivity contribution in [3.63, 3.8) is 0 Å². The monoisotopic (exact) mass is 447 g/mol. The van der Waals surface area contributed by atoms with Crippen LogP contribution in [0.25, 0.3) is 11.5 Å². The number of carbonyl (C=O) groups is 1. The van der Waals surface area contributed by atoms with Gasteiger partial charge in [0.05, 0.1) is 13.7 Å². The minimum atomic E-state index is -0.485. The van der Waals surface area contributed by atoms with Crippen molar-refractivity contribution >= 4 is 11.6 Å². The molecule has 168 valence electrons. The number of anilines is 1. The zero-order chi connectivity index (χ0) is 23.2. The quantitative estimate of drug-likeness (QED) is 0.428. The molecule has 0 aliphatic heterocycles. The van der Waals surface area contributed by atoms with Crippen LogP contribution in [0.5, 0.6) is 5.75 Å². The Hall–Kier alpha value is -4.34. The number of hydrogen-bond donors (Lipinski definition) is 2. The van der Waals surface area contributed by atoms with E-state index in [0.717, 1.165) is 5.69 Å². The van der Waals surface area contributed by atoms with Crippen LogP contribution >= 0.6 is 0 Å². The maximum Gasteiger partial charge on any atom is 0.251 e. The van der Waals surface area contributed by atoms with E-state index in [1.54, 1.807) is 42.6 Å². The molecule has 2 aromatic heterocycles. The van der Waals surface area contributed by atoms with Crippen LogP contribution in [0.2, 0.25) is 0 Å². The van der Waals surface area contributed by atoms with Gasteiger partial charge in [0, 0.05) is 36.6 Å². The summed E-state index contributed by atoms with van der Waals surface area (Å²) in [6, 6.07) is 13.6. The first-order valence-corrected chi connectivity index (χ1v) is 10.1. The molecule has 0 saturated heterocycles. The first kappa shape index (κ1) is 21.9. The van der Waals surface area contributed by atoms with Crippen molar-refractivity contribution in [3.05, 3.63) is 83.8 Å².